The Bertz CT molecular complexity index is 1360. The fraction of sp³-hybridized carbons (Fsp3) is 0.370. The van der Waals surface area contributed by atoms with Crippen molar-refractivity contribution < 1.29 is 23.8 Å². The van der Waals surface area contributed by atoms with Crippen LogP contribution in [0.2, 0.25) is 10.0 Å². The molecule has 5 rings (SSSR count). The molecule has 3 heterocycles. The third-order valence-corrected chi connectivity index (χ3v) is 7.74. The van der Waals surface area contributed by atoms with Crippen molar-refractivity contribution in [3.05, 3.63) is 59.1 Å². The number of carbonyl (C=O) groups is 1. The van der Waals surface area contributed by atoms with Gasteiger partial charge in [-0.15, -0.1) is 0 Å². The molecule has 2 saturated heterocycles. The van der Waals surface area contributed by atoms with Crippen LogP contribution in [-0.2, 0) is 4.79 Å². The van der Waals surface area contributed by atoms with Gasteiger partial charge in [-0.2, -0.15) is 0 Å². The van der Waals surface area contributed by atoms with E-state index in [1.54, 1.807) is 12.1 Å². The van der Waals surface area contributed by atoms with Crippen molar-refractivity contribution in [1.82, 2.24) is 14.9 Å². The van der Waals surface area contributed by atoms with Crippen molar-refractivity contribution in [3.63, 3.8) is 0 Å². The zero-order chi connectivity index (χ0) is 26.8. The first-order valence-electron chi connectivity index (χ1n) is 12.4. The standard InChI is InChI=1S/C27H27Cl2FN4O4/c1-2-24(36)34-15-4-5-16(34)11-17(10-15)38-23-12-18-21(13-22(23)37-9-3-8-35)31-14-32-27(18)33-20-7-6-19(28)25(29)26(20)30/h2,6-7,12-17,35H,1,3-5,8-11H2,(H,31,32,33)/t15-,16+,17?. The first-order chi connectivity index (χ1) is 18.4. The molecule has 11 heteroatoms. The van der Waals surface area contributed by atoms with Crippen LogP contribution in [0, 0.1) is 5.82 Å². The van der Waals surface area contributed by atoms with Gasteiger partial charge in [0.15, 0.2) is 17.3 Å². The number of amides is 1. The van der Waals surface area contributed by atoms with E-state index >= 15 is 0 Å². The number of nitrogens with one attached hydrogen (secondary N) is 1. The van der Waals surface area contributed by atoms with E-state index < -0.39 is 5.82 Å². The van der Waals surface area contributed by atoms with Crippen LogP contribution in [0.3, 0.4) is 0 Å². The Balaban J connectivity index is 1.47. The van der Waals surface area contributed by atoms with E-state index in [1.807, 2.05) is 4.90 Å². The van der Waals surface area contributed by atoms with Crippen LogP contribution in [0.5, 0.6) is 11.5 Å². The summed E-state index contributed by atoms with van der Waals surface area (Å²) in [6.45, 7) is 3.92. The third-order valence-electron chi connectivity index (χ3n) is 6.96. The molecular weight excluding hydrogens is 534 g/mol. The lowest BCUT2D eigenvalue weighted by Gasteiger charge is -2.38. The van der Waals surface area contributed by atoms with E-state index in [2.05, 4.69) is 21.9 Å². The maximum Gasteiger partial charge on any atom is 0.246 e. The Morgan fingerprint density at radius 1 is 1.21 bits per heavy atom. The number of benzene rings is 2. The van der Waals surface area contributed by atoms with Crippen molar-refractivity contribution in [2.75, 3.05) is 18.5 Å². The van der Waals surface area contributed by atoms with Gasteiger partial charge in [-0.05, 0) is 37.1 Å². The van der Waals surface area contributed by atoms with E-state index in [-0.39, 0.29) is 46.4 Å². The van der Waals surface area contributed by atoms with E-state index in [4.69, 9.17) is 32.7 Å². The summed E-state index contributed by atoms with van der Waals surface area (Å²) in [5.74, 6) is 0.578. The van der Waals surface area contributed by atoms with Gasteiger partial charge in [0.1, 0.15) is 18.2 Å². The number of fused-ring (bicyclic) bond motifs is 3. The Morgan fingerprint density at radius 3 is 2.68 bits per heavy atom. The number of anilines is 2. The molecule has 0 radical (unpaired) electrons. The van der Waals surface area contributed by atoms with Gasteiger partial charge in [-0.25, -0.2) is 14.4 Å². The first kappa shape index (κ1) is 26.5. The summed E-state index contributed by atoms with van der Waals surface area (Å²) >= 11 is 11.9. The maximum absolute atomic E-state index is 14.7. The van der Waals surface area contributed by atoms with Gasteiger partial charge >= 0.3 is 0 Å². The van der Waals surface area contributed by atoms with Gasteiger partial charge in [0, 0.05) is 49.4 Å². The molecule has 2 aliphatic heterocycles. The number of carbonyl (C=O) groups excluding carboxylic acids is 1. The van der Waals surface area contributed by atoms with Crippen molar-refractivity contribution in [2.24, 2.45) is 0 Å². The molecule has 1 aromatic heterocycles. The Labute approximate surface area is 229 Å². The smallest absolute Gasteiger partial charge is 0.246 e. The molecule has 0 saturated carbocycles. The lowest BCUT2D eigenvalue weighted by molar-refractivity contribution is -0.131. The molecule has 0 spiro atoms. The monoisotopic (exact) mass is 560 g/mol. The Hall–Kier alpha value is -3.14. The number of aromatic nitrogens is 2. The van der Waals surface area contributed by atoms with Gasteiger partial charge in [0.25, 0.3) is 0 Å². The predicted molar refractivity (Wildman–Crippen MR) is 144 cm³/mol. The summed E-state index contributed by atoms with van der Waals surface area (Å²) in [6, 6.07) is 6.69. The Morgan fingerprint density at radius 2 is 1.97 bits per heavy atom. The number of ether oxygens (including phenoxy) is 2. The molecule has 3 atom stereocenters. The summed E-state index contributed by atoms with van der Waals surface area (Å²) in [5, 5.41) is 12.7. The SMILES string of the molecule is C=CC(=O)N1[C@@H]2CC[C@H]1CC(Oc1cc3c(Nc4ccc(Cl)c(Cl)c4F)ncnc3cc1OCCCO)C2. The zero-order valence-electron chi connectivity index (χ0n) is 20.5. The van der Waals surface area contributed by atoms with Gasteiger partial charge in [0.05, 0.1) is 27.9 Å². The number of hydrogen-bond acceptors (Lipinski definition) is 7. The van der Waals surface area contributed by atoms with Crippen LogP contribution in [0.4, 0.5) is 15.9 Å². The Kier molecular flexibility index (Phi) is 7.88. The molecular formula is C27H27Cl2FN4O4. The van der Waals surface area contributed by atoms with Crippen molar-refractivity contribution in [3.8, 4) is 11.5 Å². The molecule has 38 heavy (non-hydrogen) atoms. The zero-order valence-corrected chi connectivity index (χ0v) is 22.0. The highest BCUT2D eigenvalue weighted by atomic mass is 35.5. The number of halogens is 3. The average molecular weight is 561 g/mol. The topological polar surface area (TPSA) is 96.8 Å². The summed E-state index contributed by atoms with van der Waals surface area (Å²) in [5.41, 5.74) is 0.668. The van der Waals surface area contributed by atoms with Crippen LogP contribution < -0.4 is 14.8 Å². The second kappa shape index (κ2) is 11.3. The second-order valence-electron chi connectivity index (χ2n) is 9.36. The minimum absolute atomic E-state index is 0.00558. The third kappa shape index (κ3) is 5.23. The number of aliphatic hydroxyl groups excluding tert-OH is 1. The number of piperidine rings is 1. The van der Waals surface area contributed by atoms with Gasteiger partial charge in [-0.1, -0.05) is 29.8 Å². The van der Waals surface area contributed by atoms with E-state index in [9.17, 15) is 14.3 Å². The largest absolute Gasteiger partial charge is 0.490 e. The lowest BCUT2D eigenvalue weighted by Crippen LogP contribution is -2.48. The average Bonchev–Trinajstić information content (AvgIpc) is 3.19. The second-order valence-corrected chi connectivity index (χ2v) is 10.1. The minimum atomic E-state index is -0.692. The molecule has 200 valence electrons. The fourth-order valence-corrected chi connectivity index (χ4v) is 5.54. The van der Waals surface area contributed by atoms with E-state index in [0.717, 1.165) is 12.8 Å². The summed E-state index contributed by atoms with van der Waals surface area (Å²) in [6.07, 6.45) is 6.29. The molecule has 2 N–H and O–H groups in total. The normalized spacial score (nSPS) is 20.4. The molecule has 2 bridgehead atoms. The molecule has 2 aromatic carbocycles. The summed E-state index contributed by atoms with van der Waals surface area (Å²) in [4.78, 5) is 22.9. The lowest BCUT2D eigenvalue weighted by atomic mass is 9.99. The predicted octanol–water partition coefficient (Wildman–Crippen LogP) is 5.67. The molecule has 8 nitrogen and oxygen atoms in total. The maximum atomic E-state index is 14.7. The highest BCUT2D eigenvalue weighted by Gasteiger charge is 2.43. The fourth-order valence-electron chi connectivity index (χ4n) is 5.23. The van der Waals surface area contributed by atoms with Crippen molar-refractivity contribution in [1.29, 1.82) is 0 Å². The summed E-state index contributed by atoms with van der Waals surface area (Å²) in [7, 11) is 0. The van der Waals surface area contributed by atoms with E-state index in [0.29, 0.717) is 54.1 Å². The molecule has 1 unspecified atom stereocenters. The minimum Gasteiger partial charge on any atom is -0.490 e. The number of rotatable bonds is 9. The van der Waals surface area contributed by atoms with E-state index in [1.165, 1.54) is 24.5 Å². The summed E-state index contributed by atoms with van der Waals surface area (Å²) < 4.78 is 27.2. The van der Waals surface area contributed by atoms with Crippen molar-refractivity contribution >= 4 is 51.5 Å². The quantitative estimate of drug-likeness (QED) is 0.198. The van der Waals surface area contributed by atoms with Crippen molar-refractivity contribution in [2.45, 2.75) is 50.3 Å². The van der Waals surface area contributed by atoms with Gasteiger partial charge in [0.2, 0.25) is 5.91 Å². The van der Waals surface area contributed by atoms with Crippen LogP contribution in [-0.4, -0.2) is 57.3 Å². The molecule has 2 aliphatic rings. The van der Waals surface area contributed by atoms with Crippen LogP contribution in [0.25, 0.3) is 10.9 Å². The highest BCUT2D eigenvalue weighted by molar-refractivity contribution is 6.42. The molecule has 2 fully saturated rings. The van der Waals surface area contributed by atoms with Gasteiger partial charge < -0.3 is 24.8 Å². The van der Waals surface area contributed by atoms with Crippen LogP contribution in [0.1, 0.15) is 32.1 Å². The molecule has 3 aromatic rings. The first-order valence-corrected chi connectivity index (χ1v) is 13.2. The van der Waals surface area contributed by atoms with Gasteiger partial charge in [-0.3, -0.25) is 4.79 Å². The van der Waals surface area contributed by atoms with Crippen LogP contribution in [0.15, 0.2) is 43.2 Å². The van der Waals surface area contributed by atoms with Crippen LogP contribution >= 0.6 is 23.2 Å². The molecule has 1 amide bonds. The molecule has 0 aliphatic carbocycles. The number of aliphatic hydroxyl groups is 1. The number of nitrogens with zero attached hydrogens (tertiary/aromatic N) is 3. The number of hydrogen-bond donors (Lipinski definition) is 2. The highest BCUT2D eigenvalue weighted by Crippen LogP contribution is 2.41.